The lowest BCUT2D eigenvalue weighted by atomic mass is 10.2. The number of nitroso groups, excluding NO2 is 1. The second-order valence-corrected chi connectivity index (χ2v) is 4.79. The van der Waals surface area contributed by atoms with Crippen LogP contribution < -0.4 is 8.92 Å². The van der Waals surface area contributed by atoms with E-state index in [0.29, 0.717) is 5.56 Å². The van der Waals surface area contributed by atoms with Crippen molar-refractivity contribution in [1.82, 2.24) is 0 Å². The number of ether oxygens (including phenoxy) is 1. The summed E-state index contributed by atoms with van der Waals surface area (Å²) in [7, 11) is -4.66. The van der Waals surface area contributed by atoms with Gasteiger partial charge in [-0.2, -0.15) is 26.5 Å². The average molecular weight is 299 g/mol. The minimum Gasteiger partial charge on any atom is -0.493 e. The van der Waals surface area contributed by atoms with Crippen LogP contribution in [0.4, 0.5) is 13.2 Å². The molecule has 0 aliphatic heterocycles. The maximum absolute atomic E-state index is 12.1. The Hall–Kier alpha value is -1.84. The number of hydrogen-bond acceptors (Lipinski definition) is 6. The maximum Gasteiger partial charge on any atom is 0.534 e. The molecule has 0 N–H and O–H groups in total. The van der Waals surface area contributed by atoms with Crippen molar-refractivity contribution in [3.05, 3.63) is 28.7 Å². The number of alkyl halides is 3. The lowest BCUT2D eigenvalue weighted by Gasteiger charge is -2.12. The lowest BCUT2D eigenvalue weighted by molar-refractivity contribution is -0.0500. The molecule has 106 valence electrons. The van der Waals surface area contributed by atoms with Crippen molar-refractivity contribution in [1.29, 1.82) is 0 Å². The van der Waals surface area contributed by atoms with Crippen LogP contribution in [0.25, 0.3) is 0 Å². The minimum atomic E-state index is -5.77. The molecule has 1 aromatic carbocycles. The quantitative estimate of drug-likeness (QED) is 0.473. The van der Waals surface area contributed by atoms with Gasteiger partial charge in [-0.1, -0.05) is 11.2 Å². The summed E-state index contributed by atoms with van der Waals surface area (Å²) in [5.41, 5.74) is -5.20. The molecule has 0 amide bonds. The molecule has 0 aromatic heterocycles. The molecular weight excluding hydrogens is 291 g/mol. The number of nitrogens with zero attached hydrogens (tertiary/aromatic N) is 1. The zero-order chi connectivity index (χ0) is 14.7. The normalized spacial score (nSPS) is 12.0. The van der Waals surface area contributed by atoms with Crippen LogP contribution in [-0.4, -0.2) is 21.0 Å². The number of halogens is 3. The van der Waals surface area contributed by atoms with Crippen LogP contribution in [-0.2, 0) is 16.7 Å². The molecule has 1 aromatic rings. The van der Waals surface area contributed by atoms with Gasteiger partial charge in [-0.15, -0.1) is 0 Å². The molecule has 0 fully saturated rings. The van der Waals surface area contributed by atoms with Crippen LogP contribution in [0, 0.1) is 4.91 Å². The van der Waals surface area contributed by atoms with E-state index in [1.54, 1.807) is 0 Å². The van der Waals surface area contributed by atoms with E-state index in [1.165, 1.54) is 6.07 Å². The van der Waals surface area contributed by atoms with Gasteiger partial charge in [-0.25, -0.2) is 0 Å². The summed E-state index contributed by atoms with van der Waals surface area (Å²) in [6, 6.07) is 3.30. The predicted molar refractivity (Wildman–Crippen MR) is 58.1 cm³/mol. The van der Waals surface area contributed by atoms with E-state index in [9.17, 15) is 26.5 Å². The first-order valence-corrected chi connectivity index (χ1v) is 6.09. The molecule has 0 aliphatic carbocycles. The van der Waals surface area contributed by atoms with Gasteiger partial charge in [0.15, 0.2) is 11.5 Å². The van der Waals surface area contributed by atoms with E-state index >= 15 is 0 Å². The van der Waals surface area contributed by atoms with E-state index < -0.39 is 21.4 Å². The van der Waals surface area contributed by atoms with Crippen molar-refractivity contribution < 1.29 is 30.5 Å². The third kappa shape index (κ3) is 3.56. The molecule has 0 bridgehead atoms. The van der Waals surface area contributed by atoms with Crippen LogP contribution >= 0.6 is 0 Å². The van der Waals surface area contributed by atoms with Crippen LogP contribution in [0.2, 0.25) is 0 Å². The monoisotopic (exact) mass is 299 g/mol. The van der Waals surface area contributed by atoms with Gasteiger partial charge in [0.05, 0.1) is 7.11 Å². The Morgan fingerprint density at radius 2 is 1.89 bits per heavy atom. The average Bonchev–Trinajstić information content (AvgIpc) is 2.29. The van der Waals surface area contributed by atoms with E-state index in [0.717, 1.165) is 19.2 Å². The summed E-state index contributed by atoms with van der Waals surface area (Å²) in [6.45, 7) is -0.233. The smallest absolute Gasteiger partial charge is 0.493 e. The van der Waals surface area contributed by atoms with Gasteiger partial charge in [-0.05, 0) is 17.7 Å². The number of benzene rings is 1. The zero-order valence-electron chi connectivity index (χ0n) is 9.47. The molecular formula is C9H8F3NO5S. The molecule has 0 unspecified atom stereocenters. The topological polar surface area (TPSA) is 82.0 Å². The van der Waals surface area contributed by atoms with Crippen LogP contribution in [0.1, 0.15) is 5.56 Å². The largest absolute Gasteiger partial charge is 0.534 e. The van der Waals surface area contributed by atoms with Crippen LogP contribution in [0.3, 0.4) is 0 Å². The molecule has 10 heteroatoms. The van der Waals surface area contributed by atoms with Gasteiger partial charge in [-0.3, -0.25) is 0 Å². The molecule has 0 heterocycles. The van der Waals surface area contributed by atoms with Gasteiger partial charge in [0.2, 0.25) is 0 Å². The van der Waals surface area contributed by atoms with Crippen molar-refractivity contribution in [2.45, 2.75) is 12.1 Å². The second-order valence-electron chi connectivity index (χ2n) is 3.26. The molecule has 1 rings (SSSR count). The Balaban J connectivity index is 3.12. The van der Waals surface area contributed by atoms with Crippen LogP contribution in [0.5, 0.6) is 11.5 Å². The van der Waals surface area contributed by atoms with Crippen molar-refractivity contribution >= 4 is 10.1 Å². The summed E-state index contributed by atoms with van der Waals surface area (Å²) >= 11 is 0. The Kier molecular flexibility index (Phi) is 4.35. The van der Waals surface area contributed by atoms with E-state index in [2.05, 4.69) is 9.36 Å². The third-order valence-electron chi connectivity index (χ3n) is 1.96. The first-order valence-electron chi connectivity index (χ1n) is 4.68. The second kappa shape index (κ2) is 5.43. The molecule has 0 saturated carbocycles. The highest BCUT2D eigenvalue weighted by Crippen LogP contribution is 2.33. The van der Waals surface area contributed by atoms with Crippen molar-refractivity contribution in [2.24, 2.45) is 5.18 Å². The first kappa shape index (κ1) is 15.2. The fourth-order valence-corrected chi connectivity index (χ4v) is 1.59. The Morgan fingerprint density at radius 3 is 2.37 bits per heavy atom. The molecule has 0 saturated heterocycles. The molecule has 0 atom stereocenters. The highest BCUT2D eigenvalue weighted by molar-refractivity contribution is 7.88. The molecule has 6 nitrogen and oxygen atoms in total. The highest BCUT2D eigenvalue weighted by Gasteiger charge is 2.48. The predicted octanol–water partition coefficient (Wildman–Crippen LogP) is 2.19. The SMILES string of the molecule is COc1cc(CN=O)ccc1OS(=O)(=O)C(F)(F)F. The summed E-state index contributed by atoms with van der Waals surface area (Å²) in [6.07, 6.45) is 0. The minimum absolute atomic E-state index is 0.233. The lowest BCUT2D eigenvalue weighted by Crippen LogP contribution is -2.28. The number of rotatable bonds is 5. The van der Waals surface area contributed by atoms with Gasteiger partial charge >= 0.3 is 15.6 Å². The summed E-state index contributed by atoms with van der Waals surface area (Å²) in [5, 5.41) is 2.58. The summed E-state index contributed by atoms with van der Waals surface area (Å²) in [4.78, 5) is 10.1. The van der Waals surface area contributed by atoms with Crippen molar-refractivity contribution in [2.75, 3.05) is 7.11 Å². The zero-order valence-corrected chi connectivity index (χ0v) is 10.3. The van der Waals surface area contributed by atoms with Crippen LogP contribution in [0.15, 0.2) is 23.4 Å². The fraction of sp³-hybridized carbons (Fsp3) is 0.333. The summed E-state index contributed by atoms with van der Waals surface area (Å²) < 4.78 is 66.7. The van der Waals surface area contributed by atoms with Gasteiger partial charge in [0, 0.05) is 0 Å². The van der Waals surface area contributed by atoms with Crippen molar-refractivity contribution in [3.8, 4) is 11.5 Å². The number of methoxy groups -OCH3 is 1. The maximum atomic E-state index is 12.1. The van der Waals surface area contributed by atoms with E-state index in [4.69, 9.17) is 4.74 Å². The Bertz CT molecular complexity index is 570. The highest BCUT2D eigenvalue weighted by atomic mass is 32.2. The van der Waals surface area contributed by atoms with Gasteiger partial charge in [0.25, 0.3) is 0 Å². The van der Waals surface area contributed by atoms with Gasteiger partial charge in [0.1, 0.15) is 6.54 Å². The fourth-order valence-electron chi connectivity index (χ4n) is 1.12. The molecule has 0 spiro atoms. The Labute approximate surface area is 106 Å². The number of hydrogen-bond donors (Lipinski definition) is 0. The Morgan fingerprint density at radius 1 is 1.26 bits per heavy atom. The third-order valence-corrected chi connectivity index (χ3v) is 2.92. The summed E-state index contributed by atoms with van der Waals surface area (Å²) in [5.74, 6) is -0.886. The molecule has 0 radical (unpaired) electrons. The van der Waals surface area contributed by atoms with E-state index in [1.807, 2.05) is 0 Å². The first-order chi connectivity index (χ1) is 8.71. The van der Waals surface area contributed by atoms with Crippen molar-refractivity contribution in [3.63, 3.8) is 0 Å². The molecule has 0 aliphatic rings. The molecule has 19 heavy (non-hydrogen) atoms. The van der Waals surface area contributed by atoms with E-state index in [-0.39, 0.29) is 12.3 Å². The van der Waals surface area contributed by atoms with Gasteiger partial charge < -0.3 is 8.92 Å². The standard InChI is InChI=1S/C9H8F3NO5S/c1-17-8-4-6(5-13-14)2-3-7(8)18-19(15,16)9(10,11)12/h2-4H,5H2,1H3.